The number of anilines is 2. The van der Waals surface area contributed by atoms with E-state index in [0.717, 1.165) is 22.0 Å². The van der Waals surface area contributed by atoms with Gasteiger partial charge in [-0.3, -0.25) is 9.59 Å². The summed E-state index contributed by atoms with van der Waals surface area (Å²) >= 11 is 0. The van der Waals surface area contributed by atoms with E-state index >= 15 is 0 Å². The van der Waals surface area contributed by atoms with E-state index in [1.54, 1.807) is 6.07 Å². The van der Waals surface area contributed by atoms with Crippen molar-refractivity contribution in [1.29, 1.82) is 0 Å². The number of imide groups is 1. The molecule has 2 aliphatic heterocycles. The summed E-state index contributed by atoms with van der Waals surface area (Å²) in [5.41, 5.74) is -0.688. The van der Waals surface area contributed by atoms with Crippen LogP contribution in [0.5, 0.6) is 11.5 Å². The molecule has 0 radical (unpaired) electrons. The summed E-state index contributed by atoms with van der Waals surface area (Å²) in [4.78, 5) is 26.9. The number of benzene rings is 2. The number of methoxy groups -OCH3 is 2. The van der Waals surface area contributed by atoms with E-state index in [-0.39, 0.29) is 11.4 Å². The molecule has 0 saturated carbocycles. The van der Waals surface area contributed by atoms with Crippen LogP contribution in [0.2, 0.25) is 0 Å². The number of amides is 2. The third-order valence-corrected chi connectivity index (χ3v) is 4.81. The highest BCUT2D eigenvalue weighted by Gasteiger charge is 2.55. The molecule has 4 rings (SSSR count). The maximum absolute atomic E-state index is 13.1. The molecule has 156 valence electrons. The van der Waals surface area contributed by atoms with Crippen molar-refractivity contribution in [2.45, 2.75) is 18.3 Å². The van der Waals surface area contributed by atoms with Crippen molar-refractivity contribution in [3.8, 4) is 11.5 Å². The van der Waals surface area contributed by atoms with Gasteiger partial charge in [-0.2, -0.15) is 18.3 Å². The Hall–Kier alpha value is -3.63. The smallest absolute Gasteiger partial charge is 0.416 e. The van der Waals surface area contributed by atoms with E-state index in [0.29, 0.717) is 11.5 Å². The van der Waals surface area contributed by atoms with Crippen LogP contribution in [0.1, 0.15) is 5.56 Å². The Labute approximate surface area is 168 Å². The monoisotopic (exact) mass is 420 g/mol. The SMILES string of the molecule is COc1cc(OC)cc(N2C(=O)[C@@H]3N=NN(c4cccc(C(F)(F)F)c4)[C@H]3C2=O)c1. The van der Waals surface area contributed by atoms with Crippen molar-refractivity contribution < 1.29 is 32.2 Å². The first-order valence-corrected chi connectivity index (χ1v) is 8.72. The fourth-order valence-electron chi connectivity index (χ4n) is 3.37. The molecule has 0 N–H and O–H groups in total. The van der Waals surface area contributed by atoms with E-state index in [1.165, 1.54) is 38.5 Å². The van der Waals surface area contributed by atoms with E-state index < -0.39 is 35.6 Å². The van der Waals surface area contributed by atoms with E-state index in [9.17, 15) is 22.8 Å². The van der Waals surface area contributed by atoms with Crippen LogP contribution in [-0.2, 0) is 15.8 Å². The normalized spacial score (nSPS) is 20.7. The van der Waals surface area contributed by atoms with Crippen LogP contribution in [0.4, 0.5) is 24.5 Å². The Kier molecular flexibility index (Phi) is 4.60. The molecule has 2 atom stereocenters. The summed E-state index contributed by atoms with van der Waals surface area (Å²) in [6.45, 7) is 0. The number of halogens is 3. The molecule has 11 heteroatoms. The molecule has 1 saturated heterocycles. The average molecular weight is 420 g/mol. The lowest BCUT2D eigenvalue weighted by molar-refractivity contribution is -0.137. The number of rotatable bonds is 4. The molecule has 2 amide bonds. The molecule has 0 aliphatic carbocycles. The fraction of sp³-hybridized carbons (Fsp3) is 0.263. The Morgan fingerprint density at radius 2 is 1.60 bits per heavy atom. The van der Waals surface area contributed by atoms with Crippen LogP contribution in [0.15, 0.2) is 52.8 Å². The molecule has 8 nitrogen and oxygen atoms in total. The summed E-state index contributed by atoms with van der Waals surface area (Å²) in [5.74, 6) is -0.585. The second kappa shape index (κ2) is 7.01. The average Bonchev–Trinajstić information content (AvgIpc) is 3.27. The molecule has 0 bridgehead atoms. The topological polar surface area (TPSA) is 83.8 Å². The van der Waals surface area contributed by atoms with Gasteiger partial charge in [0.1, 0.15) is 11.5 Å². The summed E-state index contributed by atoms with van der Waals surface area (Å²) in [6.07, 6.45) is -4.56. The molecule has 1 fully saturated rings. The highest BCUT2D eigenvalue weighted by molar-refractivity contribution is 6.26. The second-order valence-corrected chi connectivity index (χ2v) is 6.57. The van der Waals surface area contributed by atoms with Crippen molar-refractivity contribution in [1.82, 2.24) is 0 Å². The molecular weight excluding hydrogens is 405 g/mol. The van der Waals surface area contributed by atoms with Crippen LogP contribution in [0.25, 0.3) is 0 Å². The van der Waals surface area contributed by atoms with E-state index in [1.807, 2.05) is 0 Å². The third-order valence-electron chi connectivity index (χ3n) is 4.81. The number of fused-ring (bicyclic) bond motifs is 1. The molecule has 30 heavy (non-hydrogen) atoms. The summed E-state index contributed by atoms with van der Waals surface area (Å²) in [6, 6.07) is 6.52. The van der Waals surface area contributed by atoms with Gasteiger partial charge < -0.3 is 9.47 Å². The Morgan fingerprint density at radius 3 is 2.20 bits per heavy atom. The summed E-state index contributed by atoms with van der Waals surface area (Å²) in [5, 5.41) is 8.66. The van der Waals surface area contributed by atoms with Gasteiger partial charge in [0.2, 0.25) is 0 Å². The minimum atomic E-state index is -4.56. The first-order valence-electron chi connectivity index (χ1n) is 8.72. The van der Waals surface area contributed by atoms with Crippen LogP contribution < -0.4 is 19.4 Å². The van der Waals surface area contributed by atoms with Gasteiger partial charge in [0.05, 0.1) is 31.2 Å². The standard InChI is InChI=1S/C19H15F3N4O4/c1-29-13-7-12(8-14(9-13)30-2)25-17(27)15-16(18(25)28)26(24-23-15)11-5-3-4-10(6-11)19(20,21)22/h3-9,15-16H,1-2H3/t15-,16-/m1/s1. The largest absolute Gasteiger partial charge is 0.497 e. The lowest BCUT2D eigenvalue weighted by Gasteiger charge is -2.21. The van der Waals surface area contributed by atoms with Crippen LogP contribution >= 0.6 is 0 Å². The third kappa shape index (κ3) is 3.11. The van der Waals surface area contributed by atoms with Gasteiger partial charge in [-0.1, -0.05) is 11.3 Å². The van der Waals surface area contributed by atoms with Crippen molar-refractivity contribution in [3.63, 3.8) is 0 Å². The van der Waals surface area contributed by atoms with E-state index in [2.05, 4.69) is 10.3 Å². The van der Waals surface area contributed by atoms with Gasteiger partial charge in [0.25, 0.3) is 11.8 Å². The minimum Gasteiger partial charge on any atom is -0.497 e. The molecule has 0 aromatic heterocycles. The highest BCUT2D eigenvalue weighted by Crippen LogP contribution is 2.39. The number of carbonyl (C=O) groups excluding carboxylic acids is 2. The predicted octanol–water partition coefficient (Wildman–Crippen LogP) is 3.22. The van der Waals surface area contributed by atoms with E-state index in [4.69, 9.17) is 9.47 Å². The molecule has 2 heterocycles. The number of hydrogen-bond acceptors (Lipinski definition) is 7. The highest BCUT2D eigenvalue weighted by atomic mass is 19.4. The zero-order chi connectivity index (χ0) is 21.6. The second-order valence-electron chi connectivity index (χ2n) is 6.57. The van der Waals surface area contributed by atoms with Gasteiger partial charge >= 0.3 is 6.18 Å². The van der Waals surface area contributed by atoms with Gasteiger partial charge in [-0.05, 0) is 18.2 Å². The first-order chi connectivity index (χ1) is 14.2. The fourth-order valence-corrected chi connectivity index (χ4v) is 3.37. The van der Waals surface area contributed by atoms with Crippen molar-refractivity contribution in [2.24, 2.45) is 10.3 Å². The van der Waals surface area contributed by atoms with Crippen LogP contribution in [-0.4, -0.2) is 38.1 Å². The van der Waals surface area contributed by atoms with Gasteiger partial charge in [0, 0.05) is 18.2 Å². The molecule has 2 aromatic carbocycles. The summed E-state index contributed by atoms with van der Waals surface area (Å²) in [7, 11) is 2.84. The minimum absolute atomic E-state index is 0.00676. The molecule has 0 spiro atoms. The molecule has 2 aromatic rings. The lowest BCUT2D eigenvalue weighted by Crippen LogP contribution is -2.40. The number of carbonyl (C=O) groups is 2. The van der Waals surface area contributed by atoms with Crippen molar-refractivity contribution >= 4 is 23.2 Å². The lowest BCUT2D eigenvalue weighted by atomic mass is 10.1. The zero-order valence-corrected chi connectivity index (χ0v) is 15.8. The first kappa shape index (κ1) is 19.7. The number of hydrogen-bond donors (Lipinski definition) is 0. The molecule has 0 unspecified atom stereocenters. The van der Waals surface area contributed by atoms with Gasteiger partial charge in [0.15, 0.2) is 12.1 Å². The Balaban J connectivity index is 1.70. The van der Waals surface area contributed by atoms with Gasteiger partial charge in [-0.25, -0.2) is 9.91 Å². The Morgan fingerprint density at radius 1 is 0.933 bits per heavy atom. The summed E-state index contributed by atoms with van der Waals surface area (Å²) < 4.78 is 49.5. The molecular formula is C19H15F3N4O4. The Bertz CT molecular complexity index is 1030. The maximum Gasteiger partial charge on any atom is 0.416 e. The van der Waals surface area contributed by atoms with Crippen molar-refractivity contribution in [3.05, 3.63) is 48.0 Å². The predicted molar refractivity (Wildman–Crippen MR) is 98.4 cm³/mol. The zero-order valence-electron chi connectivity index (χ0n) is 15.8. The number of nitrogens with zero attached hydrogens (tertiary/aromatic N) is 4. The number of ether oxygens (including phenoxy) is 2. The van der Waals surface area contributed by atoms with Gasteiger partial charge in [-0.15, -0.1) is 0 Å². The molecule has 2 aliphatic rings. The quantitative estimate of drug-likeness (QED) is 0.710. The van der Waals surface area contributed by atoms with Crippen molar-refractivity contribution in [2.75, 3.05) is 24.1 Å². The maximum atomic E-state index is 13.1. The van der Waals surface area contributed by atoms with Crippen LogP contribution in [0, 0.1) is 0 Å². The van der Waals surface area contributed by atoms with Crippen LogP contribution in [0.3, 0.4) is 0 Å². The number of alkyl halides is 3.